The first kappa shape index (κ1) is 18.9. The highest BCUT2D eigenvalue weighted by atomic mass is 35.5. The number of hydrogen-bond acceptors (Lipinski definition) is 8. The van der Waals surface area contributed by atoms with Gasteiger partial charge < -0.3 is 14.2 Å². The summed E-state index contributed by atoms with van der Waals surface area (Å²) in [5, 5.41) is 3.85. The Bertz CT molecular complexity index is 1230. The number of ether oxygens (including phenoxy) is 1. The maximum absolute atomic E-state index is 13.7. The first-order valence-corrected chi connectivity index (χ1v) is 9.72. The fourth-order valence-corrected chi connectivity index (χ4v) is 3.66. The maximum Gasteiger partial charge on any atom is 0.257 e. The Balaban J connectivity index is 1.48. The standard InChI is InChI=1S/C19H17ClFN7O2/c1-10-7-27(9-15(29-10)19-24-11(2)26-30-19)16-3-4-22-18(25-16)14-6-23-17-5-13(21)12(20)8-28(14)17/h3-6,8,10,15H,7,9H2,1-2H3/t10-,15-/m0/s1. The number of aryl methyl sites for hydroxylation is 1. The van der Waals surface area contributed by atoms with Crippen LogP contribution in [0.1, 0.15) is 24.7 Å². The third-order valence-electron chi connectivity index (χ3n) is 4.82. The summed E-state index contributed by atoms with van der Waals surface area (Å²) in [7, 11) is 0. The van der Waals surface area contributed by atoms with Gasteiger partial charge in [0.15, 0.2) is 17.8 Å². The minimum Gasteiger partial charge on any atom is -0.362 e. The van der Waals surface area contributed by atoms with E-state index in [1.807, 2.05) is 13.0 Å². The van der Waals surface area contributed by atoms with Gasteiger partial charge >= 0.3 is 0 Å². The van der Waals surface area contributed by atoms with Gasteiger partial charge in [0.25, 0.3) is 5.89 Å². The van der Waals surface area contributed by atoms with E-state index < -0.39 is 5.82 Å². The summed E-state index contributed by atoms with van der Waals surface area (Å²) in [5.74, 6) is 1.65. The maximum atomic E-state index is 13.7. The van der Waals surface area contributed by atoms with E-state index in [4.69, 9.17) is 25.8 Å². The molecule has 154 valence electrons. The Morgan fingerprint density at radius 1 is 1.23 bits per heavy atom. The van der Waals surface area contributed by atoms with Crippen LogP contribution in [0.5, 0.6) is 0 Å². The highest BCUT2D eigenvalue weighted by Crippen LogP contribution is 2.28. The number of morpholine rings is 1. The molecule has 4 aromatic heterocycles. The van der Waals surface area contributed by atoms with Crippen molar-refractivity contribution in [2.45, 2.75) is 26.1 Å². The van der Waals surface area contributed by atoms with Crippen LogP contribution in [0.4, 0.5) is 10.2 Å². The van der Waals surface area contributed by atoms with Gasteiger partial charge in [-0.05, 0) is 19.9 Å². The largest absolute Gasteiger partial charge is 0.362 e. The lowest BCUT2D eigenvalue weighted by Gasteiger charge is -2.36. The van der Waals surface area contributed by atoms with Crippen molar-refractivity contribution in [3.8, 4) is 11.5 Å². The van der Waals surface area contributed by atoms with Crippen molar-refractivity contribution in [3.63, 3.8) is 0 Å². The van der Waals surface area contributed by atoms with Gasteiger partial charge in [-0.3, -0.25) is 4.40 Å². The van der Waals surface area contributed by atoms with Crippen LogP contribution in [0.2, 0.25) is 5.02 Å². The minimum atomic E-state index is -0.527. The molecular formula is C19H17ClFN7O2. The predicted molar refractivity (Wildman–Crippen MR) is 106 cm³/mol. The molecule has 1 saturated heterocycles. The van der Waals surface area contributed by atoms with E-state index in [1.165, 1.54) is 12.3 Å². The first-order chi connectivity index (χ1) is 14.5. The normalized spacial score (nSPS) is 19.5. The van der Waals surface area contributed by atoms with E-state index in [9.17, 15) is 4.39 Å². The lowest BCUT2D eigenvalue weighted by molar-refractivity contribution is -0.0333. The van der Waals surface area contributed by atoms with Gasteiger partial charge in [-0.25, -0.2) is 19.3 Å². The number of fused-ring (bicyclic) bond motifs is 1. The van der Waals surface area contributed by atoms with E-state index in [0.29, 0.717) is 42.0 Å². The van der Waals surface area contributed by atoms with Crippen molar-refractivity contribution in [1.82, 2.24) is 29.5 Å². The number of anilines is 1. The number of hydrogen-bond donors (Lipinski definition) is 0. The molecular weight excluding hydrogens is 413 g/mol. The van der Waals surface area contributed by atoms with Gasteiger partial charge in [-0.2, -0.15) is 4.98 Å². The number of nitrogens with zero attached hydrogens (tertiary/aromatic N) is 7. The molecule has 5 heterocycles. The number of rotatable bonds is 3. The van der Waals surface area contributed by atoms with Crippen LogP contribution in [-0.2, 0) is 4.74 Å². The van der Waals surface area contributed by atoms with Gasteiger partial charge in [0.1, 0.15) is 23.0 Å². The first-order valence-electron chi connectivity index (χ1n) is 9.34. The second-order valence-electron chi connectivity index (χ2n) is 7.10. The van der Waals surface area contributed by atoms with E-state index in [-0.39, 0.29) is 17.2 Å². The molecule has 0 saturated carbocycles. The van der Waals surface area contributed by atoms with Crippen LogP contribution in [0.15, 0.2) is 35.2 Å². The minimum absolute atomic E-state index is 0.00222. The van der Waals surface area contributed by atoms with Crippen molar-refractivity contribution >= 4 is 23.1 Å². The Labute approximate surface area is 175 Å². The number of imidazole rings is 1. The third-order valence-corrected chi connectivity index (χ3v) is 5.10. The molecule has 9 nitrogen and oxygen atoms in total. The molecule has 11 heteroatoms. The van der Waals surface area contributed by atoms with E-state index in [0.717, 1.165) is 5.82 Å². The van der Waals surface area contributed by atoms with Crippen LogP contribution in [0.25, 0.3) is 17.2 Å². The number of aromatic nitrogens is 6. The van der Waals surface area contributed by atoms with Crippen LogP contribution in [0.3, 0.4) is 0 Å². The van der Waals surface area contributed by atoms with Crippen molar-refractivity contribution in [2.24, 2.45) is 0 Å². The summed E-state index contributed by atoms with van der Waals surface area (Å²) in [6.45, 7) is 4.89. The molecule has 0 aromatic carbocycles. The van der Waals surface area contributed by atoms with Crippen molar-refractivity contribution in [1.29, 1.82) is 0 Å². The molecule has 0 unspecified atom stereocenters. The molecule has 2 atom stereocenters. The summed E-state index contributed by atoms with van der Waals surface area (Å²) in [5.41, 5.74) is 1.03. The highest BCUT2D eigenvalue weighted by molar-refractivity contribution is 6.30. The zero-order valence-electron chi connectivity index (χ0n) is 16.2. The SMILES string of the molecule is Cc1noc([C@@H]2CN(c3ccnc(-c4cnc5cc(F)c(Cl)cn45)n3)C[C@H](C)O2)n1. The summed E-state index contributed by atoms with van der Waals surface area (Å²) in [6.07, 6.45) is 4.32. The molecule has 0 aliphatic carbocycles. The topological polar surface area (TPSA) is 94.5 Å². The van der Waals surface area contributed by atoms with Gasteiger partial charge in [0.05, 0.1) is 23.9 Å². The zero-order chi connectivity index (χ0) is 20.8. The average molecular weight is 430 g/mol. The smallest absolute Gasteiger partial charge is 0.257 e. The summed E-state index contributed by atoms with van der Waals surface area (Å²) in [4.78, 5) is 19.7. The molecule has 1 aliphatic rings. The fraction of sp³-hybridized carbons (Fsp3) is 0.316. The van der Waals surface area contributed by atoms with Crippen molar-refractivity contribution < 1.29 is 13.7 Å². The molecule has 0 radical (unpaired) electrons. The van der Waals surface area contributed by atoms with Crippen LogP contribution < -0.4 is 4.90 Å². The van der Waals surface area contributed by atoms with Gasteiger partial charge in [0.2, 0.25) is 0 Å². The van der Waals surface area contributed by atoms with Crippen LogP contribution >= 0.6 is 11.6 Å². The second kappa shape index (κ2) is 7.29. The van der Waals surface area contributed by atoms with Crippen LogP contribution in [0, 0.1) is 12.7 Å². The molecule has 1 aliphatic heterocycles. The summed E-state index contributed by atoms with van der Waals surface area (Å²) < 4.78 is 26.7. The van der Waals surface area contributed by atoms with Gasteiger partial charge in [-0.15, -0.1) is 0 Å². The molecule has 0 bridgehead atoms. The third kappa shape index (κ3) is 3.37. The molecule has 0 N–H and O–H groups in total. The predicted octanol–water partition coefficient (Wildman–Crippen LogP) is 3.24. The van der Waals surface area contributed by atoms with Crippen LogP contribution in [-0.4, -0.2) is 48.7 Å². The quantitative estimate of drug-likeness (QED) is 0.490. The number of halogens is 2. The summed E-state index contributed by atoms with van der Waals surface area (Å²) in [6, 6.07) is 3.10. The zero-order valence-corrected chi connectivity index (χ0v) is 16.9. The van der Waals surface area contributed by atoms with Gasteiger partial charge in [0, 0.05) is 25.0 Å². The van der Waals surface area contributed by atoms with E-state index in [1.54, 1.807) is 23.7 Å². The monoisotopic (exact) mass is 429 g/mol. The van der Waals surface area contributed by atoms with Gasteiger partial charge in [-0.1, -0.05) is 16.8 Å². The Hall–Kier alpha value is -3.11. The van der Waals surface area contributed by atoms with Crippen molar-refractivity contribution in [3.05, 3.63) is 53.3 Å². The number of pyridine rings is 1. The lowest BCUT2D eigenvalue weighted by Crippen LogP contribution is -2.43. The Morgan fingerprint density at radius 3 is 2.90 bits per heavy atom. The average Bonchev–Trinajstić information content (AvgIpc) is 3.34. The van der Waals surface area contributed by atoms with E-state index >= 15 is 0 Å². The lowest BCUT2D eigenvalue weighted by atomic mass is 10.2. The molecule has 4 aromatic rings. The molecule has 30 heavy (non-hydrogen) atoms. The Kier molecular flexibility index (Phi) is 4.59. The second-order valence-corrected chi connectivity index (χ2v) is 7.51. The summed E-state index contributed by atoms with van der Waals surface area (Å²) >= 11 is 5.94. The highest BCUT2D eigenvalue weighted by Gasteiger charge is 2.31. The molecule has 0 amide bonds. The molecule has 0 spiro atoms. The van der Waals surface area contributed by atoms with E-state index in [2.05, 4.69) is 25.0 Å². The Morgan fingerprint density at radius 2 is 2.10 bits per heavy atom. The fourth-order valence-electron chi connectivity index (χ4n) is 3.51. The van der Waals surface area contributed by atoms with Crippen molar-refractivity contribution in [2.75, 3.05) is 18.0 Å². The molecule has 5 rings (SSSR count). The molecule has 1 fully saturated rings.